The van der Waals surface area contributed by atoms with E-state index in [-0.39, 0.29) is 16.9 Å². The van der Waals surface area contributed by atoms with Crippen molar-refractivity contribution in [1.82, 2.24) is 5.32 Å². The van der Waals surface area contributed by atoms with Crippen LogP contribution in [0.15, 0.2) is 0 Å². The Hall–Kier alpha value is -0.450. The predicted molar refractivity (Wildman–Crippen MR) is 76.6 cm³/mol. The Morgan fingerprint density at radius 3 is 2.75 bits per heavy atom. The normalized spacial score (nSPS) is 41.6. The van der Waals surface area contributed by atoms with Crippen LogP contribution in [0.25, 0.3) is 0 Å². The highest BCUT2D eigenvalue weighted by atomic mass is 16.6. The maximum absolute atomic E-state index is 13.2. The van der Waals surface area contributed by atoms with Crippen molar-refractivity contribution in [1.29, 1.82) is 0 Å². The summed E-state index contributed by atoms with van der Waals surface area (Å²) in [5.41, 5.74) is -0.314. The molecule has 0 bridgehead atoms. The number of carbonyl (C=O) groups is 1. The molecule has 3 saturated heterocycles. The lowest BCUT2D eigenvalue weighted by molar-refractivity contribution is -0.147. The van der Waals surface area contributed by atoms with Crippen molar-refractivity contribution in [3.05, 3.63) is 0 Å². The van der Waals surface area contributed by atoms with Gasteiger partial charge in [-0.2, -0.15) is 0 Å². The van der Waals surface area contributed by atoms with Crippen LogP contribution in [-0.4, -0.2) is 44.3 Å². The minimum Gasteiger partial charge on any atom is -0.378 e. The van der Waals surface area contributed by atoms with Gasteiger partial charge in [0, 0.05) is 37.5 Å². The molecule has 3 aliphatic heterocycles. The fourth-order valence-electron chi connectivity index (χ4n) is 4.22. The standard InChI is InChI=1S/C16H27NO3/c1-12(2)16(4-6-17-10-16)14(18)13-3-7-20-15(9-13)5-8-19-11-15/h12-13,17H,3-11H2,1-2H3. The zero-order valence-electron chi connectivity index (χ0n) is 12.7. The summed E-state index contributed by atoms with van der Waals surface area (Å²) in [5.74, 6) is 1.04. The van der Waals surface area contributed by atoms with Crippen LogP contribution in [0.3, 0.4) is 0 Å². The second kappa shape index (κ2) is 5.39. The first-order valence-corrected chi connectivity index (χ1v) is 8.05. The zero-order valence-corrected chi connectivity index (χ0v) is 12.7. The first kappa shape index (κ1) is 14.5. The van der Waals surface area contributed by atoms with E-state index in [1.54, 1.807) is 0 Å². The van der Waals surface area contributed by atoms with Crippen LogP contribution in [0.5, 0.6) is 0 Å². The molecule has 114 valence electrons. The molecular weight excluding hydrogens is 254 g/mol. The van der Waals surface area contributed by atoms with Gasteiger partial charge in [-0.25, -0.2) is 0 Å². The number of carbonyl (C=O) groups excluding carboxylic acids is 1. The van der Waals surface area contributed by atoms with Gasteiger partial charge < -0.3 is 14.8 Å². The Bertz CT molecular complexity index is 368. The third kappa shape index (κ3) is 2.32. The van der Waals surface area contributed by atoms with Gasteiger partial charge in [-0.05, 0) is 31.7 Å². The maximum Gasteiger partial charge on any atom is 0.143 e. The molecular formula is C16H27NO3. The summed E-state index contributed by atoms with van der Waals surface area (Å²) in [7, 11) is 0. The fraction of sp³-hybridized carbons (Fsp3) is 0.938. The van der Waals surface area contributed by atoms with Crippen LogP contribution in [0.2, 0.25) is 0 Å². The van der Waals surface area contributed by atoms with E-state index in [0.29, 0.717) is 24.9 Å². The highest BCUT2D eigenvalue weighted by Gasteiger charge is 2.50. The molecule has 3 aliphatic rings. The zero-order chi connectivity index (χ0) is 14.2. The number of rotatable bonds is 3. The number of ketones is 1. The third-order valence-electron chi connectivity index (χ3n) is 5.72. The van der Waals surface area contributed by atoms with E-state index in [4.69, 9.17) is 9.47 Å². The molecule has 3 fully saturated rings. The van der Waals surface area contributed by atoms with E-state index >= 15 is 0 Å². The minimum atomic E-state index is -0.164. The summed E-state index contributed by atoms with van der Waals surface area (Å²) in [6.45, 7) is 8.37. The van der Waals surface area contributed by atoms with Crippen LogP contribution in [0, 0.1) is 17.3 Å². The molecule has 20 heavy (non-hydrogen) atoms. The van der Waals surface area contributed by atoms with Gasteiger partial charge in [0.05, 0.1) is 12.2 Å². The van der Waals surface area contributed by atoms with E-state index in [9.17, 15) is 4.79 Å². The molecule has 3 unspecified atom stereocenters. The van der Waals surface area contributed by atoms with Gasteiger partial charge in [0.15, 0.2) is 0 Å². The van der Waals surface area contributed by atoms with Crippen molar-refractivity contribution in [3.8, 4) is 0 Å². The average Bonchev–Trinajstić information content (AvgIpc) is 3.08. The summed E-state index contributed by atoms with van der Waals surface area (Å²) in [6.07, 6.45) is 3.68. The fourth-order valence-corrected chi connectivity index (χ4v) is 4.22. The second-order valence-electron chi connectivity index (χ2n) is 7.13. The van der Waals surface area contributed by atoms with Gasteiger partial charge in [0.25, 0.3) is 0 Å². The van der Waals surface area contributed by atoms with Gasteiger partial charge in [-0.3, -0.25) is 4.79 Å². The van der Waals surface area contributed by atoms with Crippen LogP contribution < -0.4 is 5.32 Å². The minimum absolute atomic E-state index is 0.150. The number of ether oxygens (including phenoxy) is 2. The molecule has 3 rings (SSSR count). The molecule has 3 heterocycles. The molecule has 0 aromatic heterocycles. The van der Waals surface area contributed by atoms with E-state index in [0.717, 1.165) is 45.4 Å². The Morgan fingerprint density at radius 1 is 1.30 bits per heavy atom. The number of Topliss-reactive ketones (excluding diaryl/α,β-unsaturated/α-hetero) is 1. The van der Waals surface area contributed by atoms with Crippen LogP contribution >= 0.6 is 0 Å². The smallest absolute Gasteiger partial charge is 0.143 e. The van der Waals surface area contributed by atoms with Crippen molar-refractivity contribution >= 4 is 5.78 Å². The molecule has 0 aromatic carbocycles. The van der Waals surface area contributed by atoms with Crippen molar-refractivity contribution in [2.24, 2.45) is 17.3 Å². The summed E-state index contributed by atoms with van der Waals surface area (Å²) in [4.78, 5) is 13.2. The Morgan fingerprint density at radius 2 is 2.15 bits per heavy atom. The third-order valence-corrected chi connectivity index (χ3v) is 5.72. The van der Waals surface area contributed by atoms with Crippen LogP contribution in [0.1, 0.15) is 39.5 Å². The highest BCUT2D eigenvalue weighted by Crippen LogP contribution is 2.43. The van der Waals surface area contributed by atoms with Gasteiger partial charge in [-0.15, -0.1) is 0 Å². The van der Waals surface area contributed by atoms with Gasteiger partial charge in [0.2, 0.25) is 0 Å². The lowest BCUT2D eigenvalue weighted by Gasteiger charge is -2.41. The van der Waals surface area contributed by atoms with E-state index < -0.39 is 0 Å². The SMILES string of the molecule is CC(C)C1(C(=O)C2CCOC3(CCOC3)C2)CCNC1. The van der Waals surface area contributed by atoms with Gasteiger partial charge in [0.1, 0.15) is 5.78 Å². The molecule has 3 atom stereocenters. The number of nitrogens with one attached hydrogen (secondary N) is 1. The molecule has 1 N–H and O–H groups in total. The molecule has 0 radical (unpaired) electrons. The molecule has 4 nitrogen and oxygen atoms in total. The number of hydrogen-bond acceptors (Lipinski definition) is 4. The van der Waals surface area contributed by atoms with E-state index in [1.807, 2.05) is 0 Å². The first-order valence-electron chi connectivity index (χ1n) is 8.05. The van der Waals surface area contributed by atoms with Crippen molar-refractivity contribution in [2.45, 2.75) is 45.1 Å². The Labute approximate surface area is 121 Å². The lowest BCUT2D eigenvalue weighted by Crippen LogP contribution is -2.48. The Kier molecular flexibility index (Phi) is 3.91. The topological polar surface area (TPSA) is 47.6 Å². The van der Waals surface area contributed by atoms with Crippen LogP contribution in [-0.2, 0) is 14.3 Å². The lowest BCUT2D eigenvalue weighted by atomic mass is 9.66. The molecule has 0 amide bonds. The van der Waals surface area contributed by atoms with E-state index in [1.165, 1.54) is 0 Å². The van der Waals surface area contributed by atoms with Crippen molar-refractivity contribution in [2.75, 3.05) is 32.9 Å². The second-order valence-corrected chi connectivity index (χ2v) is 7.13. The quantitative estimate of drug-likeness (QED) is 0.856. The molecule has 0 aliphatic carbocycles. The maximum atomic E-state index is 13.2. The summed E-state index contributed by atoms with van der Waals surface area (Å²) in [6, 6.07) is 0. The predicted octanol–water partition coefficient (Wildman–Crippen LogP) is 1.78. The molecule has 0 saturated carbocycles. The first-order chi connectivity index (χ1) is 9.58. The largest absolute Gasteiger partial charge is 0.378 e. The molecule has 0 aromatic rings. The Balaban J connectivity index is 1.76. The summed E-state index contributed by atoms with van der Waals surface area (Å²) >= 11 is 0. The van der Waals surface area contributed by atoms with E-state index in [2.05, 4.69) is 19.2 Å². The molecule has 4 heteroatoms. The van der Waals surface area contributed by atoms with Gasteiger partial charge >= 0.3 is 0 Å². The summed E-state index contributed by atoms with van der Waals surface area (Å²) in [5, 5.41) is 3.40. The van der Waals surface area contributed by atoms with Crippen molar-refractivity contribution in [3.63, 3.8) is 0 Å². The average molecular weight is 281 g/mol. The summed E-state index contributed by atoms with van der Waals surface area (Å²) < 4.78 is 11.5. The molecule has 1 spiro atoms. The monoisotopic (exact) mass is 281 g/mol. The van der Waals surface area contributed by atoms with Crippen LogP contribution in [0.4, 0.5) is 0 Å². The number of hydrogen-bond donors (Lipinski definition) is 1. The highest BCUT2D eigenvalue weighted by molar-refractivity contribution is 5.88. The van der Waals surface area contributed by atoms with Gasteiger partial charge in [-0.1, -0.05) is 13.8 Å². The van der Waals surface area contributed by atoms with Crippen molar-refractivity contribution < 1.29 is 14.3 Å².